The number of benzene rings is 1. The summed E-state index contributed by atoms with van der Waals surface area (Å²) in [4.78, 5) is 10.5. The largest absolute Gasteiger partial charge is 0.491 e. The fraction of sp³-hybridized carbons (Fsp3) is 0.300. The first-order chi connectivity index (χ1) is 6.76. The molecule has 0 aliphatic heterocycles. The Bertz CT molecular complexity index is 312. The second kappa shape index (κ2) is 5.62. The lowest BCUT2D eigenvalue weighted by Crippen LogP contribution is -2.04. The topological polar surface area (TPSA) is 35.5 Å². The van der Waals surface area contributed by atoms with Crippen molar-refractivity contribution in [1.29, 1.82) is 0 Å². The van der Waals surface area contributed by atoms with E-state index in [9.17, 15) is 4.79 Å². The van der Waals surface area contributed by atoms with Crippen LogP contribution in [0.1, 0.15) is 10.4 Å². The van der Waals surface area contributed by atoms with Gasteiger partial charge in [-0.25, -0.2) is 0 Å². The summed E-state index contributed by atoms with van der Waals surface area (Å²) >= 11 is 5.77. The number of rotatable bonds is 5. The Morgan fingerprint density at radius 3 is 2.79 bits per heavy atom. The van der Waals surface area contributed by atoms with Gasteiger partial charge in [-0.15, -0.1) is 0 Å². The third kappa shape index (κ3) is 3.36. The van der Waals surface area contributed by atoms with E-state index in [4.69, 9.17) is 21.1 Å². The first-order valence-electron chi connectivity index (χ1n) is 4.14. The third-order valence-electron chi connectivity index (χ3n) is 1.59. The molecule has 0 amide bonds. The number of hydrogen-bond donors (Lipinski definition) is 0. The number of hydrogen-bond acceptors (Lipinski definition) is 3. The summed E-state index contributed by atoms with van der Waals surface area (Å²) in [7, 11) is 1.60. The predicted molar refractivity (Wildman–Crippen MR) is 54.2 cm³/mol. The van der Waals surface area contributed by atoms with Gasteiger partial charge in [0.1, 0.15) is 18.6 Å². The first-order valence-corrected chi connectivity index (χ1v) is 4.51. The van der Waals surface area contributed by atoms with Gasteiger partial charge in [0.15, 0.2) is 0 Å². The molecule has 0 radical (unpaired) electrons. The van der Waals surface area contributed by atoms with E-state index >= 15 is 0 Å². The second-order valence-electron chi connectivity index (χ2n) is 2.68. The minimum atomic E-state index is 0.440. The van der Waals surface area contributed by atoms with Crippen molar-refractivity contribution in [2.75, 3.05) is 20.3 Å². The van der Waals surface area contributed by atoms with Crippen molar-refractivity contribution in [3.8, 4) is 5.75 Å². The summed E-state index contributed by atoms with van der Waals surface area (Å²) in [5.74, 6) is 0.580. The number of halogens is 1. The van der Waals surface area contributed by atoms with Gasteiger partial charge in [-0.2, -0.15) is 0 Å². The number of ether oxygens (including phenoxy) is 2. The molecule has 0 fully saturated rings. The minimum absolute atomic E-state index is 0.440. The van der Waals surface area contributed by atoms with E-state index in [0.717, 1.165) is 6.29 Å². The molecule has 0 spiro atoms. The van der Waals surface area contributed by atoms with Gasteiger partial charge in [0.2, 0.25) is 0 Å². The van der Waals surface area contributed by atoms with Crippen molar-refractivity contribution >= 4 is 17.9 Å². The molecular formula is C10H11ClO3. The van der Waals surface area contributed by atoms with Crippen molar-refractivity contribution in [3.63, 3.8) is 0 Å². The fourth-order valence-electron chi connectivity index (χ4n) is 0.979. The quantitative estimate of drug-likeness (QED) is 0.557. The average Bonchev–Trinajstić information content (AvgIpc) is 2.17. The SMILES string of the molecule is COCCOc1cc(Cl)cc(C=O)c1. The van der Waals surface area contributed by atoms with Crippen LogP contribution in [0.2, 0.25) is 5.02 Å². The zero-order chi connectivity index (χ0) is 10.4. The van der Waals surface area contributed by atoms with Gasteiger partial charge in [0.05, 0.1) is 6.61 Å². The molecule has 76 valence electrons. The minimum Gasteiger partial charge on any atom is -0.491 e. The van der Waals surface area contributed by atoms with Crippen LogP contribution in [0, 0.1) is 0 Å². The van der Waals surface area contributed by atoms with Crippen molar-refractivity contribution in [2.45, 2.75) is 0 Å². The summed E-state index contributed by atoms with van der Waals surface area (Å²) < 4.78 is 10.1. The molecule has 1 rings (SSSR count). The molecule has 0 aliphatic rings. The van der Waals surface area contributed by atoms with Gasteiger partial charge in [-0.05, 0) is 18.2 Å². The van der Waals surface area contributed by atoms with Crippen LogP contribution in [0.3, 0.4) is 0 Å². The van der Waals surface area contributed by atoms with E-state index in [1.807, 2.05) is 0 Å². The molecule has 0 saturated heterocycles. The fourth-order valence-corrected chi connectivity index (χ4v) is 1.21. The van der Waals surface area contributed by atoms with Gasteiger partial charge in [0.25, 0.3) is 0 Å². The van der Waals surface area contributed by atoms with Gasteiger partial charge in [0, 0.05) is 17.7 Å². The lowest BCUT2D eigenvalue weighted by atomic mass is 10.2. The van der Waals surface area contributed by atoms with Crippen LogP contribution in [0.4, 0.5) is 0 Å². The maximum atomic E-state index is 10.5. The molecule has 0 bridgehead atoms. The number of methoxy groups -OCH3 is 1. The van der Waals surface area contributed by atoms with Crippen LogP contribution in [-0.4, -0.2) is 26.6 Å². The second-order valence-corrected chi connectivity index (χ2v) is 3.12. The van der Waals surface area contributed by atoms with Crippen LogP contribution in [0.5, 0.6) is 5.75 Å². The molecule has 0 aliphatic carbocycles. The normalized spacial score (nSPS) is 9.86. The molecular weight excluding hydrogens is 204 g/mol. The molecule has 0 atom stereocenters. The van der Waals surface area contributed by atoms with Crippen molar-refractivity contribution < 1.29 is 14.3 Å². The summed E-state index contributed by atoms with van der Waals surface area (Å²) in [6.45, 7) is 0.943. The summed E-state index contributed by atoms with van der Waals surface area (Å²) in [5.41, 5.74) is 0.505. The molecule has 14 heavy (non-hydrogen) atoms. The van der Waals surface area contributed by atoms with Crippen molar-refractivity contribution in [2.24, 2.45) is 0 Å². The Labute approximate surface area is 87.6 Å². The number of aldehydes is 1. The zero-order valence-corrected chi connectivity index (χ0v) is 8.58. The average molecular weight is 215 g/mol. The standard InChI is InChI=1S/C10H11ClO3/c1-13-2-3-14-10-5-8(7-12)4-9(11)6-10/h4-7H,2-3H2,1H3. The van der Waals surface area contributed by atoms with E-state index in [1.54, 1.807) is 25.3 Å². The van der Waals surface area contributed by atoms with Crippen molar-refractivity contribution in [1.82, 2.24) is 0 Å². The van der Waals surface area contributed by atoms with Crippen molar-refractivity contribution in [3.05, 3.63) is 28.8 Å². The molecule has 3 nitrogen and oxygen atoms in total. The number of carbonyl (C=O) groups is 1. The Morgan fingerprint density at radius 2 is 2.14 bits per heavy atom. The summed E-state index contributed by atoms with van der Waals surface area (Å²) in [6, 6.07) is 4.87. The smallest absolute Gasteiger partial charge is 0.150 e. The van der Waals surface area contributed by atoms with E-state index in [0.29, 0.717) is 29.5 Å². The summed E-state index contributed by atoms with van der Waals surface area (Å²) in [6.07, 6.45) is 0.731. The maximum Gasteiger partial charge on any atom is 0.150 e. The van der Waals surface area contributed by atoms with Crippen LogP contribution < -0.4 is 4.74 Å². The highest BCUT2D eigenvalue weighted by Gasteiger charge is 1.99. The van der Waals surface area contributed by atoms with Gasteiger partial charge in [-0.3, -0.25) is 4.79 Å². The predicted octanol–water partition coefficient (Wildman–Crippen LogP) is 2.18. The van der Waals surface area contributed by atoms with Crippen LogP contribution >= 0.6 is 11.6 Å². The molecule has 1 aromatic carbocycles. The molecule has 0 unspecified atom stereocenters. The van der Waals surface area contributed by atoms with Gasteiger partial charge in [-0.1, -0.05) is 11.6 Å². The lowest BCUT2D eigenvalue weighted by molar-refractivity contribution is 0.112. The molecule has 0 saturated carbocycles. The highest BCUT2D eigenvalue weighted by Crippen LogP contribution is 2.19. The number of carbonyl (C=O) groups excluding carboxylic acids is 1. The van der Waals surface area contributed by atoms with E-state index in [1.165, 1.54) is 0 Å². The van der Waals surface area contributed by atoms with Crippen LogP contribution in [0.15, 0.2) is 18.2 Å². The van der Waals surface area contributed by atoms with Crippen LogP contribution in [-0.2, 0) is 4.74 Å². The molecule has 0 N–H and O–H groups in total. The highest BCUT2D eigenvalue weighted by molar-refractivity contribution is 6.31. The Kier molecular flexibility index (Phi) is 4.43. The molecule has 0 heterocycles. The highest BCUT2D eigenvalue weighted by atomic mass is 35.5. The molecule has 4 heteroatoms. The summed E-state index contributed by atoms with van der Waals surface area (Å²) in [5, 5.41) is 0.488. The van der Waals surface area contributed by atoms with E-state index in [2.05, 4.69) is 0 Å². The van der Waals surface area contributed by atoms with Gasteiger partial charge >= 0.3 is 0 Å². The van der Waals surface area contributed by atoms with Crippen LogP contribution in [0.25, 0.3) is 0 Å². The van der Waals surface area contributed by atoms with Gasteiger partial charge < -0.3 is 9.47 Å². The molecule has 0 aromatic heterocycles. The Morgan fingerprint density at radius 1 is 1.36 bits per heavy atom. The first kappa shape index (κ1) is 11.0. The maximum absolute atomic E-state index is 10.5. The van der Waals surface area contributed by atoms with E-state index < -0.39 is 0 Å². The zero-order valence-electron chi connectivity index (χ0n) is 7.83. The third-order valence-corrected chi connectivity index (χ3v) is 1.80. The molecule has 1 aromatic rings. The monoisotopic (exact) mass is 214 g/mol. The Balaban J connectivity index is 2.66. The Hall–Kier alpha value is -1.06. The van der Waals surface area contributed by atoms with E-state index in [-0.39, 0.29) is 0 Å². The lowest BCUT2D eigenvalue weighted by Gasteiger charge is -2.06.